The molecule has 0 spiro atoms. The third-order valence-electron chi connectivity index (χ3n) is 7.19. The van der Waals surface area contributed by atoms with Gasteiger partial charge in [0, 0.05) is 68.0 Å². The number of hydrogen-bond acceptors (Lipinski definition) is 4. The Kier molecular flexibility index (Phi) is 8.09. The Labute approximate surface area is 219 Å². The van der Waals surface area contributed by atoms with Crippen molar-refractivity contribution in [1.29, 1.82) is 0 Å². The molecule has 5 nitrogen and oxygen atoms in total. The van der Waals surface area contributed by atoms with Crippen molar-refractivity contribution in [3.8, 4) is 5.75 Å². The average Bonchev–Trinajstić information content (AvgIpc) is 2.93. The molecule has 0 aliphatic carbocycles. The number of likely N-dealkylation sites (tertiary alicyclic amines) is 1. The van der Waals surface area contributed by atoms with Gasteiger partial charge in [-0.1, -0.05) is 48.0 Å². The number of para-hydroxylation sites is 1. The van der Waals surface area contributed by atoms with Crippen LogP contribution in [0.3, 0.4) is 0 Å². The second kappa shape index (κ2) is 11.8. The molecular weight excluding hydrogens is 470 g/mol. The minimum atomic E-state index is 0.0520. The van der Waals surface area contributed by atoms with Gasteiger partial charge >= 0.3 is 0 Å². The lowest BCUT2D eigenvalue weighted by Crippen LogP contribution is -2.45. The molecular formula is C30H34ClN3O2. The molecule has 188 valence electrons. The molecule has 5 rings (SSSR count). The first-order valence-electron chi connectivity index (χ1n) is 12.9. The zero-order valence-electron chi connectivity index (χ0n) is 20.7. The molecule has 3 aromatic carbocycles. The Hall–Kier alpha value is -3.02. The summed E-state index contributed by atoms with van der Waals surface area (Å²) in [4.78, 5) is 19.8. The number of carbonyl (C=O) groups excluding carboxylic acids is 1. The average molecular weight is 504 g/mol. The Morgan fingerprint density at radius 2 is 1.67 bits per heavy atom. The number of carbonyl (C=O) groups is 1. The zero-order chi connectivity index (χ0) is 24.7. The van der Waals surface area contributed by atoms with Crippen LogP contribution in [0, 0.1) is 5.92 Å². The van der Waals surface area contributed by atoms with E-state index in [1.807, 2.05) is 17.0 Å². The quantitative estimate of drug-likeness (QED) is 0.421. The van der Waals surface area contributed by atoms with Crippen LogP contribution in [0.2, 0.25) is 5.02 Å². The molecule has 0 radical (unpaired) electrons. The molecule has 0 bridgehead atoms. The second-order valence-electron chi connectivity index (χ2n) is 9.82. The molecule has 3 aromatic rings. The molecule has 0 N–H and O–H groups in total. The molecule has 1 unspecified atom stereocenters. The van der Waals surface area contributed by atoms with E-state index in [0.717, 1.165) is 64.4 Å². The lowest BCUT2D eigenvalue weighted by molar-refractivity contribution is 0.0633. The van der Waals surface area contributed by atoms with Crippen LogP contribution in [0.15, 0.2) is 78.9 Å². The van der Waals surface area contributed by atoms with Crippen molar-refractivity contribution in [2.24, 2.45) is 5.92 Å². The van der Waals surface area contributed by atoms with Gasteiger partial charge in [-0.05, 0) is 60.9 Å². The van der Waals surface area contributed by atoms with Crippen LogP contribution in [-0.4, -0.2) is 61.6 Å². The van der Waals surface area contributed by atoms with E-state index in [1.165, 1.54) is 11.3 Å². The highest BCUT2D eigenvalue weighted by molar-refractivity contribution is 6.30. The van der Waals surface area contributed by atoms with Crippen molar-refractivity contribution >= 4 is 23.2 Å². The van der Waals surface area contributed by atoms with Crippen LogP contribution >= 0.6 is 11.6 Å². The monoisotopic (exact) mass is 503 g/mol. The third-order valence-corrected chi connectivity index (χ3v) is 7.42. The van der Waals surface area contributed by atoms with Gasteiger partial charge in [-0.3, -0.25) is 9.69 Å². The number of rotatable bonds is 7. The van der Waals surface area contributed by atoms with Gasteiger partial charge in [-0.2, -0.15) is 0 Å². The van der Waals surface area contributed by atoms with Crippen molar-refractivity contribution in [3.05, 3.63) is 95.0 Å². The molecule has 2 aliphatic rings. The third kappa shape index (κ3) is 6.40. The smallest absolute Gasteiger partial charge is 0.253 e. The molecule has 2 saturated heterocycles. The van der Waals surface area contributed by atoms with Gasteiger partial charge in [0.05, 0.1) is 6.61 Å². The normalized spacial score (nSPS) is 18.8. The van der Waals surface area contributed by atoms with E-state index in [1.54, 1.807) is 12.1 Å². The molecule has 6 heteroatoms. The summed E-state index contributed by atoms with van der Waals surface area (Å²) in [5, 5.41) is 0.593. The van der Waals surface area contributed by atoms with E-state index in [-0.39, 0.29) is 5.91 Å². The number of benzene rings is 3. The first-order valence-corrected chi connectivity index (χ1v) is 13.3. The Balaban J connectivity index is 1.07. The number of amides is 1. The van der Waals surface area contributed by atoms with Crippen LogP contribution in [0.5, 0.6) is 5.75 Å². The predicted octanol–water partition coefficient (Wildman–Crippen LogP) is 5.59. The topological polar surface area (TPSA) is 36.0 Å². The fourth-order valence-corrected chi connectivity index (χ4v) is 5.35. The SMILES string of the molecule is O=C(c1cccc(Cl)c1)N1CCCC(COc2ccc(CN3CCN(c4ccccc4)CC3)cc2)C1. The number of halogens is 1. The molecule has 0 saturated carbocycles. The summed E-state index contributed by atoms with van der Waals surface area (Å²) in [6, 6.07) is 26.4. The first kappa shape index (κ1) is 24.7. The van der Waals surface area contributed by atoms with Gasteiger partial charge < -0.3 is 14.5 Å². The van der Waals surface area contributed by atoms with Crippen LogP contribution in [0.4, 0.5) is 5.69 Å². The van der Waals surface area contributed by atoms with E-state index >= 15 is 0 Å². The standard InChI is InChI=1S/C30H34ClN3O2/c31-27-8-4-7-26(20-27)30(35)34-15-5-6-25(22-34)23-36-29-13-11-24(12-14-29)21-32-16-18-33(19-17-32)28-9-2-1-3-10-28/h1-4,7-14,20,25H,5-6,15-19,21-23H2. The van der Waals surface area contributed by atoms with Gasteiger partial charge in [0.15, 0.2) is 0 Å². The van der Waals surface area contributed by atoms with Crippen LogP contribution < -0.4 is 9.64 Å². The summed E-state index contributed by atoms with van der Waals surface area (Å²) in [6.07, 6.45) is 2.07. The van der Waals surface area contributed by atoms with Gasteiger partial charge in [-0.15, -0.1) is 0 Å². The maximum absolute atomic E-state index is 12.9. The van der Waals surface area contributed by atoms with Gasteiger partial charge in [0.25, 0.3) is 5.91 Å². The van der Waals surface area contributed by atoms with Crippen molar-refractivity contribution in [1.82, 2.24) is 9.80 Å². The number of piperidine rings is 1. The largest absolute Gasteiger partial charge is 0.493 e. The number of hydrogen-bond donors (Lipinski definition) is 0. The van der Waals surface area contributed by atoms with Crippen molar-refractivity contribution < 1.29 is 9.53 Å². The summed E-state index contributed by atoms with van der Waals surface area (Å²) in [5.41, 5.74) is 3.28. The zero-order valence-corrected chi connectivity index (χ0v) is 21.4. The molecule has 1 atom stereocenters. The highest BCUT2D eigenvalue weighted by atomic mass is 35.5. The number of nitrogens with zero attached hydrogens (tertiary/aromatic N) is 3. The molecule has 1 amide bonds. The molecule has 2 aliphatic heterocycles. The first-order chi connectivity index (χ1) is 17.6. The lowest BCUT2D eigenvalue weighted by atomic mass is 9.98. The Morgan fingerprint density at radius 1 is 0.889 bits per heavy atom. The fraction of sp³-hybridized carbons (Fsp3) is 0.367. The Morgan fingerprint density at radius 3 is 2.42 bits per heavy atom. The lowest BCUT2D eigenvalue weighted by Gasteiger charge is -2.36. The van der Waals surface area contributed by atoms with E-state index in [0.29, 0.717) is 23.1 Å². The highest BCUT2D eigenvalue weighted by Crippen LogP contribution is 2.23. The maximum Gasteiger partial charge on any atom is 0.253 e. The van der Waals surface area contributed by atoms with E-state index in [9.17, 15) is 4.79 Å². The minimum absolute atomic E-state index is 0.0520. The van der Waals surface area contributed by atoms with Crippen molar-refractivity contribution in [3.63, 3.8) is 0 Å². The number of ether oxygens (including phenoxy) is 1. The molecule has 36 heavy (non-hydrogen) atoms. The van der Waals surface area contributed by atoms with Crippen molar-refractivity contribution in [2.75, 3.05) is 50.8 Å². The van der Waals surface area contributed by atoms with Crippen LogP contribution in [0.1, 0.15) is 28.8 Å². The molecule has 2 fully saturated rings. The minimum Gasteiger partial charge on any atom is -0.493 e. The highest BCUT2D eigenvalue weighted by Gasteiger charge is 2.25. The number of anilines is 1. The second-order valence-corrected chi connectivity index (χ2v) is 10.3. The summed E-state index contributed by atoms with van der Waals surface area (Å²) < 4.78 is 6.13. The summed E-state index contributed by atoms with van der Waals surface area (Å²) in [7, 11) is 0. The summed E-state index contributed by atoms with van der Waals surface area (Å²) in [6.45, 7) is 7.35. The van der Waals surface area contributed by atoms with Gasteiger partial charge in [0.2, 0.25) is 0 Å². The van der Waals surface area contributed by atoms with Crippen LogP contribution in [0.25, 0.3) is 0 Å². The fourth-order valence-electron chi connectivity index (χ4n) is 5.16. The van der Waals surface area contributed by atoms with Gasteiger partial charge in [-0.25, -0.2) is 0 Å². The maximum atomic E-state index is 12.9. The summed E-state index contributed by atoms with van der Waals surface area (Å²) >= 11 is 6.07. The summed E-state index contributed by atoms with van der Waals surface area (Å²) in [5.74, 6) is 1.28. The predicted molar refractivity (Wildman–Crippen MR) is 146 cm³/mol. The van der Waals surface area contributed by atoms with E-state index in [4.69, 9.17) is 16.3 Å². The van der Waals surface area contributed by atoms with E-state index in [2.05, 4.69) is 64.4 Å². The number of piperazine rings is 1. The van der Waals surface area contributed by atoms with Crippen LogP contribution in [-0.2, 0) is 6.54 Å². The van der Waals surface area contributed by atoms with E-state index < -0.39 is 0 Å². The molecule has 0 aromatic heterocycles. The van der Waals surface area contributed by atoms with Crippen molar-refractivity contribution in [2.45, 2.75) is 19.4 Å². The molecule has 2 heterocycles. The Bertz CT molecular complexity index is 1130. The van der Waals surface area contributed by atoms with Gasteiger partial charge in [0.1, 0.15) is 5.75 Å².